The maximum atomic E-state index is 12.1. The molecule has 0 N–H and O–H groups in total. The van der Waals surface area contributed by atoms with Gasteiger partial charge in [0.05, 0.1) is 19.3 Å². The molecule has 1 saturated heterocycles. The van der Waals surface area contributed by atoms with Crippen LogP contribution in [-0.2, 0) is 11.3 Å². The third-order valence-electron chi connectivity index (χ3n) is 3.94. The fraction of sp³-hybridized carbons (Fsp3) is 0.167. The van der Waals surface area contributed by atoms with Crippen LogP contribution < -0.4 is 4.90 Å². The lowest BCUT2D eigenvalue weighted by Crippen LogP contribution is -2.25. The number of hydrogen-bond acceptors (Lipinski definition) is 4. The van der Waals surface area contributed by atoms with E-state index < -0.39 is 0 Å². The molecule has 6 heteroatoms. The minimum Gasteiger partial charge on any atom is -0.442 e. The Kier molecular flexibility index (Phi) is 3.70. The Labute approximate surface area is 139 Å². The fourth-order valence-corrected chi connectivity index (χ4v) is 2.77. The normalized spacial score (nSPS) is 17.1. The second kappa shape index (κ2) is 6.16. The van der Waals surface area contributed by atoms with Gasteiger partial charge in [0.25, 0.3) is 0 Å². The number of hydrogen-bond donors (Lipinski definition) is 0. The molecule has 1 unspecified atom stereocenters. The molecule has 1 aromatic heterocycles. The fourth-order valence-electron chi connectivity index (χ4n) is 2.77. The number of benzene rings is 2. The third-order valence-corrected chi connectivity index (χ3v) is 3.94. The first-order chi connectivity index (χ1) is 11.8. The summed E-state index contributed by atoms with van der Waals surface area (Å²) in [5.41, 5.74) is 2.66. The Morgan fingerprint density at radius 3 is 2.50 bits per heavy atom. The molecule has 120 valence electrons. The van der Waals surface area contributed by atoms with Crippen LogP contribution in [0.4, 0.5) is 10.5 Å². The van der Waals surface area contributed by atoms with Gasteiger partial charge in [0, 0.05) is 11.3 Å². The molecule has 1 fully saturated rings. The zero-order valence-corrected chi connectivity index (χ0v) is 12.9. The standard InChI is InChI=1S/C18H16N4O2/c23-18-22(15-9-5-2-6-10-15)12-16(24-18)11-21-13-17(19-20-21)14-7-3-1-4-8-14/h1-10,13,16H,11-12H2. The van der Waals surface area contributed by atoms with Gasteiger partial charge in [-0.25, -0.2) is 9.48 Å². The first-order valence-corrected chi connectivity index (χ1v) is 7.78. The number of anilines is 1. The Morgan fingerprint density at radius 2 is 1.75 bits per heavy atom. The zero-order valence-electron chi connectivity index (χ0n) is 12.9. The maximum absolute atomic E-state index is 12.1. The summed E-state index contributed by atoms with van der Waals surface area (Å²) in [6.07, 6.45) is 1.30. The highest BCUT2D eigenvalue weighted by atomic mass is 16.6. The van der Waals surface area contributed by atoms with E-state index >= 15 is 0 Å². The van der Waals surface area contributed by atoms with Crippen LogP contribution in [-0.4, -0.2) is 33.7 Å². The number of ether oxygens (including phenoxy) is 1. The van der Waals surface area contributed by atoms with E-state index in [1.807, 2.05) is 66.9 Å². The van der Waals surface area contributed by atoms with E-state index in [-0.39, 0.29) is 12.2 Å². The average Bonchev–Trinajstić information content (AvgIpc) is 3.23. The quantitative estimate of drug-likeness (QED) is 0.741. The monoisotopic (exact) mass is 320 g/mol. The van der Waals surface area contributed by atoms with E-state index in [1.54, 1.807) is 9.58 Å². The molecule has 4 rings (SSSR count). The number of carbonyl (C=O) groups excluding carboxylic acids is 1. The van der Waals surface area contributed by atoms with Gasteiger partial charge in [0.1, 0.15) is 11.8 Å². The largest absolute Gasteiger partial charge is 0.442 e. The number of para-hydroxylation sites is 1. The number of rotatable bonds is 4. The van der Waals surface area contributed by atoms with Gasteiger partial charge in [-0.15, -0.1) is 5.10 Å². The van der Waals surface area contributed by atoms with Crippen molar-refractivity contribution in [2.45, 2.75) is 12.6 Å². The van der Waals surface area contributed by atoms with Crippen molar-refractivity contribution in [2.24, 2.45) is 0 Å². The average molecular weight is 320 g/mol. The summed E-state index contributed by atoms with van der Waals surface area (Å²) >= 11 is 0. The van der Waals surface area contributed by atoms with Gasteiger partial charge in [0.15, 0.2) is 0 Å². The predicted octanol–water partition coefficient (Wildman–Crippen LogP) is 2.97. The predicted molar refractivity (Wildman–Crippen MR) is 89.5 cm³/mol. The van der Waals surface area contributed by atoms with Crippen molar-refractivity contribution >= 4 is 11.8 Å². The van der Waals surface area contributed by atoms with Crippen LogP contribution in [0.1, 0.15) is 0 Å². The highest BCUT2D eigenvalue weighted by Crippen LogP contribution is 2.22. The molecular weight excluding hydrogens is 304 g/mol. The molecule has 2 aromatic carbocycles. The number of amides is 1. The van der Waals surface area contributed by atoms with E-state index in [0.717, 1.165) is 16.9 Å². The van der Waals surface area contributed by atoms with Crippen LogP contribution in [0.3, 0.4) is 0 Å². The minimum atomic E-state index is -0.324. The van der Waals surface area contributed by atoms with Gasteiger partial charge < -0.3 is 4.74 Å². The summed E-state index contributed by atoms with van der Waals surface area (Å²) in [4.78, 5) is 13.7. The lowest BCUT2D eigenvalue weighted by Gasteiger charge is -2.12. The first-order valence-electron chi connectivity index (χ1n) is 7.78. The van der Waals surface area contributed by atoms with Gasteiger partial charge in [-0.1, -0.05) is 53.7 Å². The van der Waals surface area contributed by atoms with Gasteiger partial charge >= 0.3 is 6.09 Å². The van der Waals surface area contributed by atoms with Crippen molar-refractivity contribution in [1.82, 2.24) is 15.0 Å². The second-order valence-corrected chi connectivity index (χ2v) is 5.64. The van der Waals surface area contributed by atoms with Gasteiger partial charge in [0.2, 0.25) is 0 Å². The summed E-state index contributed by atoms with van der Waals surface area (Å²) in [6, 6.07) is 19.4. The smallest absolute Gasteiger partial charge is 0.414 e. The molecule has 0 spiro atoms. The van der Waals surface area contributed by atoms with E-state index in [1.165, 1.54) is 0 Å². The summed E-state index contributed by atoms with van der Waals surface area (Å²) in [5, 5.41) is 8.32. The number of carbonyl (C=O) groups is 1. The highest BCUT2D eigenvalue weighted by molar-refractivity contribution is 5.89. The van der Waals surface area contributed by atoms with Gasteiger partial charge in [-0.05, 0) is 12.1 Å². The van der Waals surface area contributed by atoms with E-state index in [4.69, 9.17) is 4.74 Å². The van der Waals surface area contributed by atoms with Gasteiger partial charge in [-0.2, -0.15) is 0 Å². The van der Waals surface area contributed by atoms with Crippen LogP contribution in [0.25, 0.3) is 11.3 Å². The van der Waals surface area contributed by atoms with E-state index in [2.05, 4.69) is 10.3 Å². The summed E-state index contributed by atoms with van der Waals surface area (Å²) < 4.78 is 7.16. The minimum absolute atomic E-state index is 0.247. The molecule has 0 saturated carbocycles. The van der Waals surface area contributed by atoms with Crippen molar-refractivity contribution in [3.05, 3.63) is 66.9 Å². The summed E-state index contributed by atoms with van der Waals surface area (Å²) in [6.45, 7) is 0.984. The summed E-state index contributed by atoms with van der Waals surface area (Å²) in [5.74, 6) is 0. The maximum Gasteiger partial charge on any atom is 0.414 e. The molecular formula is C18H16N4O2. The van der Waals surface area contributed by atoms with Crippen molar-refractivity contribution in [1.29, 1.82) is 0 Å². The van der Waals surface area contributed by atoms with Crippen molar-refractivity contribution < 1.29 is 9.53 Å². The molecule has 0 aliphatic carbocycles. The lowest BCUT2D eigenvalue weighted by molar-refractivity contribution is 0.129. The third kappa shape index (κ3) is 2.86. The molecule has 6 nitrogen and oxygen atoms in total. The lowest BCUT2D eigenvalue weighted by atomic mass is 10.2. The number of cyclic esters (lactones) is 1. The van der Waals surface area contributed by atoms with Gasteiger partial charge in [-0.3, -0.25) is 4.90 Å². The van der Waals surface area contributed by atoms with Crippen LogP contribution in [0.15, 0.2) is 66.9 Å². The van der Waals surface area contributed by atoms with Crippen molar-refractivity contribution in [3.8, 4) is 11.3 Å². The van der Waals surface area contributed by atoms with Crippen LogP contribution in [0.5, 0.6) is 0 Å². The zero-order chi connectivity index (χ0) is 16.4. The Balaban J connectivity index is 1.45. The highest BCUT2D eigenvalue weighted by Gasteiger charge is 2.32. The van der Waals surface area contributed by atoms with Crippen LogP contribution in [0.2, 0.25) is 0 Å². The Hall–Kier alpha value is -3.15. The Morgan fingerprint density at radius 1 is 1.04 bits per heavy atom. The van der Waals surface area contributed by atoms with E-state index in [9.17, 15) is 4.79 Å². The number of nitrogens with zero attached hydrogens (tertiary/aromatic N) is 4. The molecule has 0 radical (unpaired) electrons. The molecule has 1 atom stereocenters. The SMILES string of the molecule is O=C1OC(Cn2cc(-c3ccccc3)nn2)CN1c1ccccc1. The molecule has 3 aromatic rings. The van der Waals surface area contributed by atoms with Crippen molar-refractivity contribution in [2.75, 3.05) is 11.4 Å². The van der Waals surface area contributed by atoms with E-state index in [0.29, 0.717) is 13.1 Å². The Bertz CT molecular complexity index is 832. The molecule has 1 amide bonds. The molecule has 1 aliphatic heterocycles. The molecule has 0 bridgehead atoms. The molecule has 24 heavy (non-hydrogen) atoms. The second-order valence-electron chi connectivity index (χ2n) is 5.64. The van der Waals surface area contributed by atoms with Crippen LogP contribution in [0, 0.1) is 0 Å². The summed E-state index contributed by atoms with van der Waals surface area (Å²) in [7, 11) is 0. The van der Waals surface area contributed by atoms with Crippen LogP contribution >= 0.6 is 0 Å². The first kappa shape index (κ1) is 14.4. The topological polar surface area (TPSA) is 60.3 Å². The molecule has 1 aliphatic rings. The number of aromatic nitrogens is 3. The van der Waals surface area contributed by atoms with Crippen molar-refractivity contribution in [3.63, 3.8) is 0 Å². The molecule has 2 heterocycles.